The standard InChI is InChI=1S/C19H22N2O2/c1-3-12-20-18(22)15-6-5-7-16(13-15)19(23)21-17-10-8-14(4-2)9-11-17/h5-11,13H,3-4,12H2,1-2H3,(H,20,22)(H,21,23). The van der Waals surface area contributed by atoms with Crippen molar-refractivity contribution < 1.29 is 9.59 Å². The molecule has 0 saturated carbocycles. The van der Waals surface area contributed by atoms with E-state index in [-0.39, 0.29) is 11.8 Å². The van der Waals surface area contributed by atoms with Crippen molar-refractivity contribution in [3.63, 3.8) is 0 Å². The van der Waals surface area contributed by atoms with Crippen molar-refractivity contribution in [1.82, 2.24) is 5.32 Å². The van der Waals surface area contributed by atoms with Gasteiger partial charge in [0.05, 0.1) is 0 Å². The van der Waals surface area contributed by atoms with Crippen molar-refractivity contribution in [2.75, 3.05) is 11.9 Å². The molecular formula is C19H22N2O2. The average Bonchev–Trinajstić information content (AvgIpc) is 2.60. The molecule has 0 saturated heterocycles. The molecule has 0 bridgehead atoms. The average molecular weight is 310 g/mol. The molecule has 0 fully saturated rings. The minimum Gasteiger partial charge on any atom is -0.352 e. The molecule has 2 aromatic rings. The number of amides is 2. The van der Waals surface area contributed by atoms with Gasteiger partial charge in [-0.25, -0.2) is 0 Å². The molecule has 0 aliphatic heterocycles. The van der Waals surface area contributed by atoms with Gasteiger partial charge in [-0.3, -0.25) is 9.59 Å². The molecule has 2 amide bonds. The van der Waals surface area contributed by atoms with Crippen LogP contribution in [0.1, 0.15) is 46.5 Å². The molecule has 120 valence electrons. The van der Waals surface area contributed by atoms with E-state index in [1.165, 1.54) is 5.56 Å². The first kappa shape index (κ1) is 16.7. The first-order valence-electron chi connectivity index (χ1n) is 7.92. The van der Waals surface area contributed by atoms with E-state index < -0.39 is 0 Å². The van der Waals surface area contributed by atoms with Crippen LogP contribution in [0, 0.1) is 0 Å². The van der Waals surface area contributed by atoms with Gasteiger partial charge in [-0.1, -0.05) is 32.0 Å². The van der Waals surface area contributed by atoms with Crippen molar-refractivity contribution in [2.45, 2.75) is 26.7 Å². The molecular weight excluding hydrogens is 288 g/mol. The number of benzene rings is 2. The highest BCUT2D eigenvalue weighted by molar-refractivity contribution is 6.06. The van der Waals surface area contributed by atoms with E-state index >= 15 is 0 Å². The topological polar surface area (TPSA) is 58.2 Å². The highest BCUT2D eigenvalue weighted by atomic mass is 16.2. The molecule has 23 heavy (non-hydrogen) atoms. The summed E-state index contributed by atoms with van der Waals surface area (Å²) in [5.41, 5.74) is 2.92. The zero-order valence-electron chi connectivity index (χ0n) is 13.6. The molecule has 0 aliphatic rings. The monoisotopic (exact) mass is 310 g/mol. The van der Waals surface area contributed by atoms with Crippen molar-refractivity contribution in [3.05, 3.63) is 65.2 Å². The largest absolute Gasteiger partial charge is 0.352 e. The summed E-state index contributed by atoms with van der Waals surface area (Å²) in [5, 5.41) is 5.65. The van der Waals surface area contributed by atoms with Crippen LogP contribution in [0.2, 0.25) is 0 Å². The Morgan fingerprint density at radius 1 is 0.913 bits per heavy atom. The number of aryl methyl sites for hydroxylation is 1. The summed E-state index contributed by atoms with van der Waals surface area (Å²) in [6, 6.07) is 14.5. The molecule has 4 nitrogen and oxygen atoms in total. The third kappa shape index (κ3) is 4.68. The van der Waals surface area contributed by atoms with Crippen molar-refractivity contribution in [3.8, 4) is 0 Å². The smallest absolute Gasteiger partial charge is 0.255 e. The molecule has 0 unspecified atom stereocenters. The number of carbonyl (C=O) groups is 2. The van der Waals surface area contributed by atoms with Crippen LogP contribution in [0.25, 0.3) is 0 Å². The summed E-state index contributed by atoms with van der Waals surface area (Å²) in [5.74, 6) is -0.381. The Morgan fingerprint density at radius 3 is 2.17 bits per heavy atom. The van der Waals surface area contributed by atoms with E-state index in [0.717, 1.165) is 18.5 Å². The van der Waals surface area contributed by atoms with E-state index in [4.69, 9.17) is 0 Å². The summed E-state index contributed by atoms with van der Waals surface area (Å²) in [4.78, 5) is 24.3. The Hall–Kier alpha value is -2.62. The fourth-order valence-corrected chi connectivity index (χ4v) is 2.17. The predicted molar refractivity (Wildman–Crippen MR) is 92.8 cm³/mol. The van der Waals surface area contributed by atoms with Gasteiger partial charge in [0.25, 0.3) is 11.8 Å². The third-order valence-electron chi connectivity index (χ3n) is 3.54. The van der Waals surface area contributed by atoms with E-state index in [1.807, 2.05) is 31.2 Å². The number of carbonyl (C=O) groups excluding carboxylic acids is 2. The third-order valence-corrected chi connectivity index (χ3v) is 3.54. The molecule has 2 rings (SSSR count). The maximum Gasteiger partial charge on any atom is 0.255 e. The molecule has 0 radical (unpaired) electrons. The number of nitrogens with one attached hydrogen (secondary N) is 2. The van der Waals surface area contributed by atoms with Gasteiger partial charge in [0.1, 0.15) is 0 Å². The zero-order chi connectivity index (χ0) is 16.7. The van der Waals surface area contributed by atoms with Gasteiger partial charge in [0.15, 0.2) is 0 Å². The predicted octanol–water partition coefficient (Wildman–Crippen LogP) is 3.64. The number of rotatable bonds is 6. The first-order valence-corrected chi connectivity index (χ1v) is 7.92. The molecule has 0 aromatic heterocycles. The van der Waals surface area contributed by atoms with Crippen LogP contribution in [0.3, 0.4) is 0 Å². The second kappa shape index (κ2) is 8.13. The van der Waals surface area contributed by atoms with Crippen LogP contribution < -0.4 is 10.6 Å². The van der Waals surface area contributed by atoms with E-state index in [2.05, 4.69) is 17.6 Å². The Bertz CT molecular complexity index is 678. The zero-order valence-corrected chi connectivity index (χ0v) is 13.6. The summed E-state index contributed by atoms with van der Waals surface area (Å²) >= 11 is 0. The maximum atomic E-state index is 12.3. The van der Waals surface area contributed by atoms with Crippen LogP contribution in [0.5, 0.6) is 0 Å². The van der Waals surface area contributed by atoms with Gasteiger partial charge >= 0.3 is 0 Å². The normalized spacial score (nSPS) is 10.2. The lowest BCUT2D eigenvalue weighted by Gasteiger charge is -2.08. The van der Waals surface area contributed by atoms with Crippen LogP contribution in [-0.4, -0.2) is 18.4 Å². The molecule has 0 aliphatic carbocycles. The molecule has 2 N–H and O–H groups in total. The van der Waals surface area contributed by atoms with Crippen LogP contribution in [0.4, 0.5) is 5.69 Å². The van der Waals surface area contributed by atoms with Crippen molar-refractivity contribution in [2.24, 2.45) is 0 Å². The number of hydrogen-bond acceptors (Lipinski definition) is 2. The maximum absolute atomic E-state index is 12.3. The Morgan fingerprint density at radius 2 is 1.57 bits per heavy atom. The Kier molecular flexibility index (Phi) is 5.92. The van der Waals surface area contributed by atoms with Crippen LogP contribution in [0.15, 0.2) is 48.5 Å². The van der Waals surface area contributed by atoms with Gasteiger partial charge in [0, 0.05) is 23.4 Å². The summed E-state index contributed by atoms with van der Waals surface area (Å²) in [7, 11) is 0. The summed E-state index contributed by atoms with van der Waals surface area (Å²) in [6.45, 7) is 4.70. The molecule has 0 atom stereocenters. The Balaban J connectivity index is 2.08. The summed E-state index contributed by atoms with van der Waals surface area (Å²) in [6.07, 6.45) is 1.84. The van der Waals surface area contributed by atoms with Gasteiger partial charge < -0.3 is 10.6 Å². The fourth-order valence-electron chi connectivity index (χ4n) is 2.17. The SMILES string of the molecule is CCCNC(=O)c1cccc(C(=O)Nc2ccc(CC)cc2)c1. The Labute approximate surface area is 136 Å². The highest BCUT2D eigenvalue weighted by Crippen LogP contribution is 2.13. The molecule has 2 aromatic carbocycles. The minimum absolute atomic E-state index is 0.159. The van der Waals surface area contributed by atoms with Gasteiger partial charge in [0.2, 0.25) is 0 Å². The molecule has 4 heteroatoms. The first-order chi connectivity index (χ1) is 11.1. The van der Waals surface area contributed by atoms with Gasteiger partial charge in [-0.2, -0.15) is 0 Å². The highest BCUT2D eigenvalue weighted by Gasteiger charge is 2.10. The quantitative estimate of drug-likeness (QED) is 0.856. The fraction of sp³-hybridized carbons (Fsp3) is 0.263. The van der Waals surface area contributed by atoms with E-state index in [0.29, 0.717) is 17.7 Å². The van der Waals surface area contributed by atoms with Crippen LogP contribution >= 0.6 is 0 Å². The van der Waals surface area contributed by atoms with Gasteiger partial charge in [-0.15, -0.1) is 0 Å². The lowest BCUT2D eigenvalue weighted by molar-refractivity contribution is 0.0953. The van der Waals surface area contributed by atoms with Crippen molar-refractivity contribution >= 4 is 17.5 Å². The van der Waals surface area contributed by atoms with E-state index in [9.17, 15) is 9.59 Å². The van der Waals surface area contributed by atoms with Gasteiger partial charge in [-0.05, 0) is 48.7 Å². The number of anilines is 1. The minimum atomic E-state index is -0.223. The second-order valence-electron chi connectivity index (χ2n) is 5.34. The summed E-state index contributed by atoms with van der Waals surface area (Å²) < 4.78 is 0. The second-order valence-corrected chi connectivity index (χ2v) is 5.34. The van der Waals surface area contributed by atoms with Crippen LogP contribution in [-0.2, 0) is 6.42 Å². The van der Waals surface area contributed by atoms with Crippen molar-refractivity contribution in [1.29, 1.82) is 0 Å². The molecule has 0 heterocycles. The number of hydrogen-bond donors (Lipinski definition) is 2. The lowest BCUT2D eigenvalue weighted by atomic mass is 10.1. The van der Waals surface area contributed by atoms with E-state index in [1.54, 1.807) is 24.3 Å². The molecule has 0 spiro atoms. The lowest BCUT2D eigenvalue weighted by Crippen LogP contribution is -2.24.